The van der Waals surface area contributed by atoms with E-state index in [-0.39, 0.29) is 35.6 Å². The molecule has 3 aromatic rings. The Kier molecular flexibility index (Phi) is 9.55. The number of piperidine rings is 3. The number of nitrogens with one attached hydrogen (secondary N) is 2. The Labute approximate surface area is 309 Å². The number of hydrogen-bond donors (Lipinski definition) is 2. The Bertz CT molecular complexity index is 2070. The first-order chi connectivity index (χ1) is 25.6. The van der Waals surface area contributed by atoms with Crippen LogP contribution >= 0.6 is 0 Å². The molecule has 4 aliphatic heterocycles. The van der Waals surface area contributed by atoms with E-state index in [1.807, 2.05) is 12.3 Å². The van der Waals surface area contributed by atoms with Gasteiger partial charge in [-0.1, -0.05) is 0 Å². The maximum atomic E-state index is 13.5. The van der Waals surface area contributed by atoms with E-state index in [0.717, 1.165) is 80.1 Å². The molecule has 5 heterocycles. The first-order valence-electron chi connectivity index (χ1n) is 18.0. The van der Waals surface area contributed by atoms with Gasteiger partial charge in [0.25, 0.3) is 17.7 Å². The molecule has 54 heavy (non-hydrogen) atoms. The smallest absolute Gasteiger partial charge is 0.371 e. The lowest BCUT2D eigenvalue weighted by Crippen LogP contribution is -2.54. The van der Waals surface area contributed by atoms with Crippen molar-refractivity contribution in [3.8, 4) is 6.07 Å². The van der Waals surface area contributed by atoms with E-state index in [2.05, 4.69) is 25.5 Å². The minimum atomic E-state index is -4.74. The largest absolute Gasteiger partial charge is 0.417 e. The summed E-state index contributed by atoms with van der Waals surface area (Å²) in [5.41, 5.74) is -0.562. The van der Waals surface area contributed by atoms with Crippen molar-refractivity contribution in [1.29, 1.82) is 5.26 Å². The number of alkyl halides is 3. The first kappa shape index (κ1) is 36.8. The molecule has 7 rings (SSSR count). The lowest BCUT2D eigenvalue weighted by molar-refractivity contribution is -0.138. The Morgan fingerprint density at radius 3 is 2.30 bits per heavy atom. The molecule has 0 radical (unpaired) electrons. The molecule has 1 unspecified atom stereocenters. The Morgan fingerprint density at radius 2 is 1.63 bits per heavy atom. The zero-order valence-corrected chi connectivity index (χ0v) is 29.8. The van der Waals surface area contributed by atoms with Gasteiger partial charge in [-0.05, 0) is 107 Å². The summed E-state index contributed by atoms with van der Waals surface area (Å²) in [6.07, 6.45) is 2.64. The summed E-state index contributed by atoms with van der Waals surface area (Å²) in [4.78, 5) is 69.4. The number of nitrogens with zero attached hydrogens (tertiary/aromatic N) is 6. The van der Waals surface area contributed by atoms with E-state index in [1.54, 1.807) is 32.2 Å². The third kappa shape index (κ3) is 6.84. The zero-order chi connectivity index (χ0) is 38.5. The molecule has 2 N–H and O–H groups in total. The van der Waals surface area contributed by atoms with Crippen LogP contribution in [0.15, 0.2) is 48.8 Å². The van der Waals surface area contributed by atoms with Crippen molar-refractivity contribution in [2.75, 3.05) is 36.4 Å². The van der Waals surface area contributed by atoms with Gasteiger partial charge >= 0.3 is 6.18 Å². The predicted octanol–water partition coefficient (Wildman–Crippen LogP) is 4.40. The molecule has 3 fully saturated rings. The Hall–Kier alpha value is -5.56. The van der Waals surface area contributed by atoms with Crippen LogP contribution in [0.25, 0.3) is 0 Å². The van der Waals surface area contributed by atoms with Gasteiger partial charge in [-0.25, -0.2) is 0 Å². The summed E-state index contributed by atoms with van der Waals surface area (Å²) in [7, 11) is 0. The minimum absolute atomic E-state index is 0.0652. The fraction of sp³-hybridized carbons (Fsp3) is 0.447. The number of rotatable bonds is 7. The number of carbonyl (C=O) groups excluding carboxylic acids is 5. The summed E-state index contributed by atoms with van der Waals surface area (Å²) in [5, 5.41) is 18.3. The van der Waals surface area contributed by atoms with Crippen molar-refractivity contribution < 1.29 is 37.1 Å². The third-order valence-corrected chi connectivity index (χ3v) is 11.2. The van der Waals surface area contributed by atoms with Gasteiger partial charge in [0.1, 0.15) is 11.6 Å². The molecule has 13 nitrogen and oxygen atoms in total. The highest BCUT2D eigenvalue weighted by Crippen LogP contribution is 2.36. The fourth-order valence-corrected chi connectivity index (χ4v) is 7.94. The number of hydrogen-bond acceptors (Lipinski definition) is 9. The van der Waals surface area contributed by atoms with Crippen LogP contribution in [-0.2, 0) is 26.1 Å². The number of amides is 5. The second-order valence-corrected chi connectivity index (χ2v) is 14.8. The lowest BCUT2D eigenvalue weighted by Gasteiger charge is -2.42. The quantitative estimate of drug-likeness (QED) is 0.335. The molecule has 0 bridgehead atoms. The van der Waals surface area contributed by atoms with Crippen LogP contribution in [-0.4, -0.2) is 87.4 Å². The summed E-state index contributed by atoms with van der Waals surface area (Å²) in [6.45, 7) is 6.59. The van der Waals surface area contributed by atoms with Crippen LogP contribution in [0.3, 0.4) is 0 Å². The van der Waals surface area contributed by atoms with E-state index in [9.17, 15) is 37.1 Å². The zero-order valence-electron chi connectivity index (χ0n) is 29.8. The summed E-state index contributed by atoms with van der Waals surface area (Å²) in [5.74, 6) is -2.42. The molecule has 1 aromatic heterocycles. The van der Waals surface area contributed by atoms with Crippen LogP contribution in [0, 0.1) is 11.3 Å². The molecular weight excluding hydrogens is 705 g/mol. The van der Waals surface area contributed by atoms with Gasteiger partial charge in [0.05, 0.1) is 34.5 Å². The maximum absolute atomic E-state index is 13.5. The molecule has 0 spiro atoms. The second kappa shape index (κ2) is 14.0. The Balaban J connectivity index is 0.918. The number of likely N-dealkylation sites (tertiary alicyclic amines) is 1. The van der Waals surface area contributed by atoms with Crippen molar-refractivity contribution in [2.24, 2.45) is 0 Å². The van der Waals surface area contributed by atoms with Crippen LogP contribution in [0.5, 0.6) is 0 Å². The molecule has 0 aliphatic carbocycles. The van der Waals surface area contributed by atoms with Crippen molar-refractivity contribution in [1.82, 2.24) is 24.9 Å². The normalized spacial score (nSPS) is 20.6. The standard InChI is InChI=1S/C38H39F3N8O5/c1-37(2,36(54)44-25-4-3-23(19-42)30(17-25)38(39,40)41)48-21-24(20-43-48)22-9-13-46(14-10-22)26-11-15-47(16-12-26)27-5-6-28-29(18-27)35(53)49(34(28)52)31-7-8-32(50)45-33(31)51/h3-6,17-18,20-22,26,31H,7-16H2,1-2H3,(H,44,54)(H,45,50,51). The molecule has 4 aliphatic rings. The van der Waals surface area contributed by atoms with Gasteiger partial charge in [-0.2, -0.15) is 23.5 Å². The van der Waals surface area contributed by atoms with Gasteiger partial charge in [0.15, 0.2) is 0 Å². The number of aromatic nitrogens is 2. The number of anilines is 2. The number of nitriles is 1. The summed E-state index contributed by atoms with van der Waals surface area (Å²) >= 11 is 0. The third-order valence-electron chi connectivity index (χ3n) is 11.2. The van der Waals surface area contributed by atoms with Gasteiger partial charge < -0.3 is 15.1 Å². The van der Waals surface area contributed by atoms with Gasteiger partial charge in [-0.3, -0.25) is 38.9 Å². The highest BCUT2D eigenvalue weighted by Gasteiger charge is 2.45. The van der Waals surface area contributed by atoms with Crippen molar-refractivity contribution in [3.63, 3.8) is 0 Å². The number of carbonyl (C=O) groups is 5. The lowest BCUT2D eigenvalue weighted by atomic mass is 9.89. The highest BCUT2D eigenvalue weighted by molar-refractivity contribution is 6.23. The molecule has 5 amide bonds. The number of halogens is 3. The SMILES string of the molecule is CC(C)(C(=O)Nc1ccc(C#N)c(C(F)(F)F)c1)n1cc(C2CCN(C3CCN(c4ccc5c(c4)C(=O)N(C4CCC(=O)NC4=O)C5=O)CC3)CC2)cn1. The van der Waals surface area contributed by atoms with E-state index in [0.29, 0.717) is 6.04 Å². The monoisotopic (exact) mass is 744 g/mol. The molecular formula is C38H39F3N8O5. The maximum Gasteiger partial charge on any atom is 0.417 e. The van der Waals surface area contributed by atoms with Crippen molar-refractivity contribution in [3.05, 3.63) is 76.6 Å². The first-order valence-corrected chi connectivity index (χ1v) is 18.0. The Morgan fingerprint density at radius 1 is 0.926 bits per heavy atom. The summed E-state index contributed by atoms with van der Waals surface area (Å²) < 4.78 is 41.9. The van der Waals surface area contributed by atoms with Crippen molar-refractivity contribution in [2.45, 2.75) is 82.1 Å². The molecule has 16 heteroatoms. The van der Waals surface area contributed by atoms with Crippen LogP contribution in [0.2, 0.25) is 0 Å². The van der Waals surface area contributed by atoms with Crippen LogP contribution in [0.4, 0.5) is 24.5 Å². The van der Waals surface area contributed by atoms with Crippen molar-refractivity contribution >= 4 is 40.9 Å². The molecule has 1 atom stereocenters. The number of benzene rings is 2. The predicted molar refractivity (Wildman–Crippen MR) is 188 cm³/mol. The second-order valence-electron chi connectivity index (χ2n) is 14.8. The molecule has 282 valence electrons. The van der Waals surface area contributed by atoms with Gasteiger partial charge in [-0.15, -0.1) is 0 Å². The van der Waals surface area contributed by atoms with Gasteiger partial charge in [0.2, 0.25) is 11.8 Å². The number of fused-ring (bicyclic) bond motifs is 1. The minimum Gasteiger partial charge on any atom is -0.371 e. The van der Waals surface area contributed by atoms with E-state index in [4.69, 9.17) is 5.26 Å². The topological polar surface area (TPSA) is 161 Å². The highest BCUT2D eigenvalue weighted by atomic mass is 19.4. The van der Waals surface area contributed by atoms with E-state index >= 15 is 0 Å². The van der Waals surface area contributed by atoms with Gasteiger partial charge in [0, 0.05) is 43.1 Å². The molecule has 0 saturated carbocycles. The summed E-state index contributed by atoms with van der Waals surface area (Å²) in [6, 6.07) is 9.20. The van der Waals surface area contributed by atoms with Crippen LogP contribution < -0.4 is 15.5 Å². The number of imide groups is 2. The average molecular weight is 745 g/mol. The van der Waals surface area contributed by atoms with E-state index in [1.165, 1.54) is 16.8 Å². The molecule has 2 aromatic carbocycles. The molecule has 3 saturated heterocycles. The van der Waals surface area contributed by atoms with E-state index < -0.39 is 58.4 Å². The fourth-order valence-electron chi connectivity index (χ4n) is 7.94. The van der Waals surface area contributed by atoms with Crippen LogP contribution in [0.1, 0.15) is 95.7 Å². The average Bonchev–Trinajstić information content (AvgIpc) is 3.75.